The Morgan fingerprint density at radius 1 is 1.52 bits per heavy atom. The maximum absolute atomic E-state index is 11.8. The highest BCUT2D eigenvalue weighted by molar-refractivity contribution is 9.11. The van der Waals surface area contributed by atoms with Crippen LogP contribution in [0.1, 0.15) is 50.9 Å². The van der Waals surface area contributed by atoms with Crippen LogP contribution >= 0.6 is 27.3 Å². The maximum atomic E-state index is 11.8. The number of aromatic nitrogens is 1. The lowest BCUT2D eigenvalue weighted by molar-refractivity contribution is 0.0523. The molecule has 10 heteroatoms. The summed E-state index contributed by atoms with van der Waals surface area (Å²) in [5, 5.41) is 11.8. The van der Waals surface area contributed by atoms with E-state index in [2.05, 4.69) is 38.3 Å². The molecule has 2 aliphatic heterocycles. The summed E-state index contributed by atoms with van der Waals surface area (Å²) >= 11 is 5.10. The molecule has 2 aliphatic rings. The third kappa shape index (κ3) is 4.49. The number of aliphatic imine (C=N–C) groups is 1. The highest BCUT2D eigenvalue weighted by Gasteiger charge is 2.38. The highest BCUT2D eigenvalue weighted by atomic mass is 79.9. The van der Waals surface area contributed by atoms with Crippen molar-refractivity contribution >= 4 is 45.5 Å². The number of amidine groups is 1. The first kappa shape index (κ1) is 19.8. The van der Waals surface area contributed by atoms with Gasteiger partial charge in [0.25, 0.3) is 0 Å². The number of carbonyl (C=O) groups is 1. The van der Waals surface area contributed by atoms with Gasteiger partial charge in [0.1, 0.15) is 22.6 Å². The molecule has 0 radical (unpaired) electrons. The van der Waals surface area contributed by atoms with Crippen molar-refractivity contribution < 1.29 is 9.53 Å². The normalized spacial score (nSPS) is 22.4. The van der Waals surface area contributed by atoms with Crippen molar-refractivity contribution in [2.24, 2.45) is 21.7 Å². The van der Waals surface area contributed by atoms with Gasteiger partial charge in [-0.1, -0.05) is 22.9 Å². The summed E-state index contributed by atoms with van der Waals surface area (Å²) in [6.07, 6.45) is 1.83. The fourth-order valence-corrected chi connectivity index (χ4v) is 4.66. The quantitative estimate of drug-likeness (QED) is 0.726. The zero-order chi connectivity index (χ0) is 19.8. The monoisotopic (exact) mass is 454 g/mol. The Hall–Kier alpha value is -1.94. The molecule has 0 spiro atoms. The molecular weight excluding hydrogens is 432 g/mol. The van der Waals surface area contributed by atoms with E-state index in [1.807, 2.05) is 31.2 Å². The third-order valence-corrected chi connectivity index (χ3v) is 5.63. The molecule has 3 N–H and O–H groups in total. The van der Waals surface area contributed by atoms with E-state index in [4.69, 9.17) is 15.5 Å². The number of nitrogens with one attached hydrogen (secondary N) is 1. The molecule has 0 aromatic carbocycles. The van der Waals surface area contributed by atoms with Crippen LogP contribution in [0.25, 0.3) is 0 Å². The van der Waals surface area contributed by atoms with Crippen molar-refractivity contribution in [2.75, 3.05) is 0 Å². The lowest BCUT2D eigenvalue weighted by Crippen LogP contribution is -2.40. The minimum atomic E-state index is -0.528. The average Bonchev–Trinajstić information content (AvgIpc) is 2.99. The van der Waals surface area contributed by atoms with E-state index in [0.29, 0.717) is 12.4 Å². The number of fused-ring (bicyclic) bond motifs is 1. The predicted octanol–water partition coefficient (Wildman–Crippen LogP) is 3.47. The van der Waals surface area contributed by atoms with Crippen molar-refractivity contribution in [1.82, 2.24) is 15.3 Å². The Balaban J connectivity index is 1.73. The first-order valence-electron chi connectivity index (χ1n) is 8.61. The Morgan fingerprint density at radius 2 is 2.26 bits per heavy atom. The average molecular weight is 455 g/mol. The molecule has 0 saturated carbocycles. The van der Waals surface area contributed by atoms with Crippen LogP contribution in [0.5, 0.6) is 0 Å². The first-order valence-corrected chi connectivity index (χ1v) is 10.3. The fourth-order valence-electron chi connectivity index (χ4n) is 3.01. The molecule has 1 amide bonds. The molecule has 3 heterocycles. The molecule has 0 aliphatic carbocycles. The van der Waals surface area contributed by atoms with E-state index >= 15 is 0 Å². The molecular formula is C17H23BrN6O2S. The number of thiazole rings is 1. The van der Waals surface area contributed by atoms with Crippen LogP contribution < -0.4 is 11.1 Å². The van der Waals surface area contributed by atoms with Gasteiger partial charge < -0.3 is 15.8 Å². The van der Waals surface area contributed by atoms with Gasteiger partial charge in [-0.25, -0.2) is 14.8 Å². The van der Waals surface area contributed by atoms with Crippen LogP contribution in [-0.4, -0.2) is 33.9 Å². The third-order valence-electron chi connectivity index (χ3n) is 4.06. The van der Waals surface area contributed by atoms with Crippen LogP contribution in [-0.2, 0) is 11.3 Å². The molecule has 0 saturated heterocycles. The largest absolute Gasteiger partial charge is 0.444 e. The van der Waals surface area contributed by atoms with Gasteiger partial charge in [-0.3, -0.25) is 5.01 Å². The van der Waals surface area contributed by atoms with Crippen LogP contribution in [0.3, 0.4) is 0 Å². The van der Waals surface area contributed by atoms with Crippen molar-refractivity contribution in [3.63, 3.8) is 0 Å². The van der Waals surface area contributed by atoms with E-state index in [1.165, 1.54) is 17.7 Å². The number of amides is 1. The standard InChI is InChI=1S/C17H23BrN6O2S/c1-9-5-10(18)14-15(19)21-8-22-24(14)13(9)11-7-27-12(23-11)6-20-16(25)26-17(2,3)4/h7-9,13H,5-6H2,1-4H3,(H,20,25)(H2,19,21,22). The zero-order valence-electron chi connectivity index (χ0n) is 15.7. The number of carbonyl (C=O) groups excluding carboxylic acids is 1. The minimum absolute atomic E-state index is 0.0434. The Morgan fingerprint density at radius 3 is 2.96 bits per heavy atom. The van der Waals surface area contributed by atoms with E-state index in [0.717, 1.165) is 27.3 Å². The number of nitrogens with zero attached hydrogens (tertiary/aromatic N) is 4. The molecule has 27 heavy (non-hydrogen) atoms. The van der Waals surface area contributed by atoms with E-state index < -0.39 is 11.7 Å². The topological polar surface area (TPSA) is 105 Å². The molecule has 1 aromatic rings. The summed E-state index contributed by atoms with van der Waals surface area (Å²) < 4.78 is 6.25. The Kier molecular flexibility index (Phi) is 5.57. The number of hydrogen-bond donors (Lipinski definition) is 2. The molecule has 8 nitrogen and oxygen atoms in total. The molecule has 0 bridgehead atoms. The van der Waals surface area contributed by atoms with Crippen molar-refractivity contribution in [3.05, 3.63) is 26.3 Å². The number of allylic oxidation sites excluding steroid dienone is 1. The second-order valence-corrected chi connectivity index (χ2v) is 9.39. The summed E-state index contributed by atoms with van der Waals surface area (Å²) in [7, 11) is 0. The number of halogens is 1. The van der Waals surface area contributed by atoms with E-state index in [9.17, 15) is 4.79 Å². The lowest BCUT2D eigenvalue weighted by Gasteiger charge is -2.39. The Bertz CT molecular complexity index is 826. The number of ether oxygens (including phenoxy) is 1. The SMILES string of the molecule is CC1CC(Br)=C2C(N)=NC=NN2C1c1csc(CNC(=O)OC(C)(C)C)n1. The number of rotatable bonds is 3. The summed E-state index contributed by atoms with van der Waals surface area (Å²) in [6, 6.07) is -0.0434. The molecule has 2 unspecified atom stereocenters. The summed E-state index contributed by atoms with van der Waals surface area (Å²) in [4.78, 5) is 20.6. The second-order valence-electron chi connectivity index (χ2n) is 7.49. The van der Waals surface area contributed by atoms with Crippen molar-refractivity contribution in [3.8, 4) is 0 Å². The molecule has 0 fully saturated rings. The smallest absolute Gasteiger partial charge is 0.408 e. The fraction of sp³-hybridized carbons (Fsp3) is 0.529. The molecule has 146 valence electrons. The molecule has 2 atom stereocenters. The number of hydrogen-bond acceptors (Lipinski definition) is 8. The number of alkyl carbamates (subject to hydrolysis) is 1. The molecule has 3 rings (SSSR count). The lowest BCUT2D eigenvalue weighted by atomic mass is 9.91. The van der Waals surface area contributed by atoms with Gasteiger partial charge in [0, 0.05) is 9.86 Å². The Labute approximate surface area is 170 Å². The van der Waals surface area contributed by atoms with Gasteiger partial charge in [0.05, 0.1) is 18.3 Å². The number of hydrazone groups is 1. The second kappa shape index (κ2) is 7.59. The summed E-state index contributed by atoms with van der Waals surface area (Å²) in [5.41, 5.74) is 7.22. The summed E-state index contributed by atoms with van der Waals surface area (Å²) in [5.74, 6) is 0.718. The van der Waals surface area contributed by atoms with Crippen LogP contribution in [0.2, 0.25) is 0 Å². The van der Waals surface area contributed by atoms with Crippen LogP contribution in [0.4, 0.5) is 4.79 Å². The molecule has 1 aromatic heterocycles. The first-order chi connectivity index (χ1) is 12.7. The van der Waals surface area contributed by atoms with Crippen molar-refractivity contribution in [2.45, 2.75) is 52.3 Å². The minimum Gasteiger partial charge on any atom is -0.444 e. The van der Waals surface area contributed by atoms with Gasteiger partial charge >= 0.3 is 6.09 Å². The van der Waals surface area contributed by atoms with E-state index in [1.54, 1.807) is 0 Å². The van der Waals surface area contributed by atoms with Crippen molar-refractivity contribution in [1.29, 1.82) is 0 Å². The summed E-state index contributed by atoms with van der Waals surface area (Å²) in [6.45, 7) is 7.96. The number of nitrogens with two attached hydrogens (primary N) is 1. The van der Waals surface area contributed by atoms with Gasteiger partial charge in [-0.15, -0.1) is 11.3 Å². The van der Waals surface area contributed by atoms with Gasteiger partial charge in [-0.05, 0) is 33.1 Å². The maximum Gasteiger partial charge on any atom is 0.408 e. The zero-order valence-corrected chi connectivity index (χ0v) is 18.1. The van der Waals surface area contributed by atoms with Crippen LogP contribution in [0.15, 0.2) is 25.7 Å². The van der Waals surface area contributed by atoms with Gasteiger partial charge in [-0.2, -0.15) is 5.10 Å². The van der Waals surface area contributed by atoms with Gasteiger partial charge in [0.15, 0.2) is 5.84 Å². The predicted molar refractivity (Wildman–Crippen MR) is 110 cm³/mol. The van der Waals surface area contributed by atoms with E-state index in [-0.39, 0.29) is 12.0 Å². The van der Waals surface area contributed by atoms with Crippen LogP contribution in [0, 0.1) is 5.92 Å². The highest BCUT2D eigenvalue weighted by Crippen LogP contribution is 2.43. The van der Waals surface area contributed by atoms with Gasteiger partial charge in [0.2, 0.25) is 0 Å².